The van der Waals surface area contributed by atoms with Crippen molar-refractivity contribution in [1.29, 1.82) is 0 Å². The van der Waals surface area contributed by atoms with E-state index < -0.39 is 7.49 Å². The lowest BCUT2D eigenvalue weighted by Gasteiger charge is -2.26. The molecule has 0 unspecified atom stereocenters. The summed E-state index contributed by atoms with van der Waals surface area (Å²) in [6, 6.07) is 21.2. The predicted molar refractivity (Wildman–Crippen MR) is 90.4 cm³/mol. The highest BCUT2D eigenvalue weighted by Crippen LogP contribution is 2.54. The summed E-state index contributed by atoms with van der Waals surface area (Å²) in [4.78, 5) is 0. The van der Waals surface area contributed by atoms with Crippen LogP contribution in [0.25, 0.3) is 0 Å². The van der Waals surface area contributed by atoms with Crippen LogP contribution in [-0.2, 0) is 4.52 Å². The molecular formula is C18H24OP+. The average Bonchev–Trinajstić information content (AvgIpc) is 2.46. The van der Waals surface area contributed by atoms with E-state index in [1.165, 1.54) is 10.6 Å². The standard InChI is InChI=1S/C18H24OP/c1-18(2,3)15-19-20(4,16-11-7-5-8-12-16)17-13-9-6-10-14-17/h5-14H,15H2,1-4H3/q+1. The number of rotatable bonds is 4. The smallest absolute Gasteiger partial charge is 0.207 e. The van der Waals surface area contributed by atoms with Gasteiger partial charge in [0.25, 0.3) is 0 Å². The summed E-state index contributed by atoms with van der Waals surface area (Å²) < 4.78 is 6.48. The Morgan fingerprint density at radius 1 is 0.800 bits per heavy atom. The van der Waals surface area contributed by atoms with Gasteiger partial charge in [0.1, 0.15) is 10.6 Å². The van der Waals surface area contributed by atoms with Crippen molar-refractivity contribution in [2.24, 2.45) is 5.41 Å². The van der Waals surface area contributed by atoms with Crippen LogP contribution in [0.1, 0.15) is 20.8 Å². The summed E-state index contributed by atoms with van der Waals surface area (Å²) in [5, 5.41) is 2.60. The quantitative estimate of drug-likeness (QED) is 0.763. The number of benzene rings is 2. The van der Waals surface area contributed by atoms with Crippen LogP contribution in [0, 0.1) is 5.41 Å². The molecule has 2 rings (SSSR count). The monoisotopic (exact) mass is 287 g/mol. The van der Waals surface area contributed by atoms with Crippen molar-refractivity contribution in [3.05, 3.63) is 60.7 Å². The third-order valence-electron chi connectivity index (χ3n) is 3.25. The summed E-state index contributed by atoms with van der Waals surface area (Å²) in [7, 11) is -1.77. The van der Waals surface area contributed by atoms with Gasteiger partial charge in [-0.05, 0) is 29.7 Å². The third-order valence-corrected chi connectivity index (χ3v) is 6.47. The molecule has 0 N–H and O–H groups in total. The van der Waals surface area contributed by atoms with Gasteiger partial charge in [0, 0.05) is 0 Å². The van der Waals surface area contributed by atoms with E-state index in [4.69, 9.17) is 4.52 Å². The first-order valence-corrected chi connectivity index (χ1v) is 9.19. The Morgan fingerprint density at radius 2 is 1.20 bits per heavy atom. The van der Waals surface area contributed by atoms with Gasteiger partial charge in [-0.3, -0.25) is 0 Å². The van der Waals surface area contributed by atoms with Gasteiger partial charge in [-0.2, -0.15) is 0 Å². The van der Waals surface area contributed by atoms with Crippen molar-refractivity contribution in [2.45, 2.75) is 20.8 Å². The Balaban J connectivity index is 2.39. The molecule has 2 aromatic carbocycles. The van der Waals surface area contributed by atoms with Crippen molar-refractivity contribution in [3.8, 4) is 0 Å². The summed E-state index contributed by atoms with van der Waals surface area (Å²) in [5.74, 6) is 0. The van der Waals surface area contributed by atoms with E-state index in [2.05, 4.69) is 88.1 Å². The minimum absolute atomic E-state index is 0.171. The second-order valence-corrected chi connectivity index (χ2v) is 9.57. The maximum atomic E-state index is 6.48. The average molecular weight is 287 g/mol. The molecule has 0 spiro atoms. The molecule has 0 aliphatic carbocycles. The van der Waals surface area contributed by atoms with E-state index in [0.29, 0.717) is 0 Å². The zero-order chi connectivity index (χ0) is 14.6. The maximum Gasteiger partial charge on any atom is 0.207 e. The Kier molecular flexibility index (Phi) is 4.62. The first-order valence-electron chi connectivity index (χ1n) is 7.04. The van der Waals surface area contributed by atoms with Crippen molar-refractivity contribution in [1.82, 2.24) is 0 Å². The van der Waals surface area contributed by atoms with Crippen LogP contribution >= 0.6 is 7.49 Å². The highest BCUT2D eigenvalue weighted by Gasteiger charge is 2.40. The van der Waals surface area contributed by atoms with Crippen LogP contribution < -0.4 is 10.6 Å². The summed E-state index contributed by atoms with van der Waals surface area (Å²) in [5.41, 5.74) is 0.171. The van der Waals surface area contributed by atoms with Crippen molar-refractivity contribution < 1.29 is 4.52 Å². The molecule has 2 aromatic rings. The second-order valence-electron chi connectivity index (χ2n) is 6.43. The van der Waals surface area contributed by atoms with E-state index in [-0.39, 0.29) is 5.41 Å². The molecule has 0 bridgehead atoms. The van der Waals surface area contributed by atoms with Gasteiger partial charge in [0.2, 0.25) is 7.49 Å². The molecule has 0 aliphatic heterocycles. The minimum atomic E-state index is -1.77. The van der Waals surface area contributed by atoms with Crippen molar-refractivity contribution in [2.75, 3.05) is 13.3 Å². The van der Waals surface area contributed by atoms with E-state index in [1.807, 2.05) is 0 Å². The predicted octanol–water partition coefficient (Wildman–Crippen LogP) is 4.26. The number of hydrogen-bond acceptors (Lipinski definition) is 1. The second kappa shape index (κ2) is 6.08. The van der Waals surface area contributed by atoms with Crippen LogP contribution in [0.3, 0.4) is 0 Å². The van der Waals surface area contributed by atoms with E-state index in [0.717, 1.165) is 6.61 Å². The van der Waals surface area contributed by atoms with Gasteiger partial charge in [0.05, 0.1) is 13.3 Å². The SMILES string of the molecule is CC(C)(C)CO[P+](C)(c1ccccc1)c1ccccc1. The van der Waals surface area contributed by atoms with Crippen LogP contribution in [0.4, 0.5) is 0 Å². The van der Waals surface area contributed by atoms with E-state index >= 15 is 0 Å². The molecule has 0 aliphatic rings. The van der Waals surface area contributed by atoms with Crippen LogP contribution in [0.5, 0.6) is 0 Å². The van der Waals surface area contributed by atoms with Gasteiger partial charge in [0.15, 0.2) is 0 Å². The molecule has 0 saturated heterocycles. The zero-order valence-corrected chi connectivity index (χ0v) is 13.7. The lowest BCUT2D eigenvalue weighted by atomic mass is 9.99. The summed E-state index contributed by atoms with van der Waals surface area (Å²) in [6.07, 6.45) is 0. The fraction of sp³-hybridized carbons (Fsp3) is 0.333. The zero-order valence-electron chi connectivity index (χ0n) is 12.8. The molecule has 0 saturated carbocycles. The molecule has 2 heteroatoms. The molecule has 106 valence electrons. The molecular weight excluding hydrogens is 263 g/mol. The van der Waals surface area contributed by atoms with Gasteiger partial charge >= 0.3 is 0 Å². The maximum absolute atomic E-state index is 6.48. The van der Waals surface area contributed by atoms with Gasteiger partial charge in [-0.15, -0.1) is 0 Å². The topological polar surface area (TPSA) is 9.23 Å². The molecule has 0 aromatic heterocycles. The Labute approximate surface area is 123 Å². The molecule has 0 fully saturated rings. The lowest BCUT2D eigenvalue weighted by molar-refractivity contribution is 0.215. The van der Waals surface area contributed by atoms with Crippen molar-refractivity contribution >= 4 is 18.1 Å². The Bertz CT molecular complexity index is 489. The summed E-state index contributed by atoms with van der Waals surface area (Å²) in [6.45, 7) is 9.68. The van der Waals surface area contributed by atoms with Crippen molar-refractivity contribution in [3.63, 3.8) is 0 Å². The fourth-order valence-electron chi connectivity index (χ4n) is 2.05. The largest absolute Gasteiger partial charge is 0.227 e. The van der Waals surface area contributed by atoms with Crippen LogP contribution in [-0.4, -0.2) is 13.3 Å². The Hall–Kier alpha value is -1.17. The Morgan fingerprint density at radius 3 is 1.55 bits per heavy atom. The molecule has 0 atom stereocenters. The molecule has 0 radical (unpaired) electrons. The van der Waals surface area contributed by atoms with Gasteiger partial charge in [-0.25, -0.2) is 4.52 Å². The third kappa shape index (κ3) is 3.69. The normalized spacial score (nSPS) is 12.4. The van der Waals surface area contributed by atoms with E-state index in [9.17, 15) is 0 Å². The number of hydrogen-bond donors (Lipinski definition) is 0. The fourth-order valence-corrected chi connectivity index (χ4v) is 4.77. The first-order chi connectivity index (χ1) is 9.42. The molecule has 1 nitrogen and oxygen atoms in total. The molecule has 0 amide bonds. The van der Waals surface area contributed by atoms with Gasteiger partial charge < -0.3 is 0 Å². The van der Waals surface area contributed by atoms with Gasteiger partial charge in [-0.1, -0.05) is 57.2 Å². The highest BCUT2D eigenvalue weighted by molar-refractivity contribution is 7.84. The van der Waals surface area contributed by atoms with Crippen LogP contribution in [0.15, 0.2) is 60.7 Å². The minimum Gasteiger partial charge on any atom is -0.227 e. The van der Waals surface area contributed by atoms with E-state index in [1.54, 1.807) is 0 Å². The first kappa shape index (κ1) is 15.2. The highest BCUT2D eigenvalue weighted by atomic mass is 31.2. The van der Waals surface area contributed by atoms with Crippen LogP contribution in [0.2, 0.25) is 0 Å². The lowest BCUT2D eigenvalue weighted by Crippen LogP contribution is -2.26. The summed E-state index contributed by atoms with van der Waals surface area (Å²) >= 11 is 0. The molecule has 20 heavy (non-hydrogen) atoms. The molecule has 0 heterocycles.